The number of hydrogen-bond donors (Lipinski definition) is 2. The monoisotopic (exact) mass is 281 g/mol. The summed E-state index contributed by atoms with van der Waals surface area (Å²) in [6.07, 6.45) is 2.40. The van der Waals surface area contributed by atoms with Crippen LogP contribution in [0.3, 0.4) is 0 Å². The van der Waals surface area contributed by atoms with E-state index in [0.29, 0.717) is 5.16 Å². The van der Waals surface area contributed by atoms with Crippen molar-refractivity contribution >= 4 is 23.1 Å². The molecule has 0 bridgehead atoms. The molecule has 2 aromatic heterocycles. The number of nitrogens with two attached hydrogens (primary N) is 1. The Morgan fingerprint density at radius 1 is 1.56 bits per heavy atom. The molecule has 2 rings (SSSR count). The molecule has 2 heterocycles. The molecule has 0 aliphatic rings. The standard InChI is InChI=1S/C12H15N3OS2/c1-2-8(13)11(9-4-3-7-17-9)18-12-14-6-5-10(16)15-12/h3-8,11H,2,13H2,1H3,(H,14,15,16). The van der Waals surface area contributed by atoms with Gasteiger partial charge in [0.25, 0.3) is 5.56 Å². The molecule has 0 fully saturated rings. The fourth-order valence-electron chi connectivity index (χ4n) is 1.56. The van der Waals surface area contributed by atoms with E-state index in [2.05, 4.69) is 23.0 Å². The number of hydrogen-bond acceptors (Lipinski definition) is 5. The molecule has 96 valence electrons. The lowest BCUT2D eigenvalue weighted by atomic mass is 10.1. The maximum Gasteiger partial charge on any atom is 0.251 e. The SMILES string of the molecule is CCC(N)C(Sc1nccc(=O)[nH]1)c1cccs1. The number of thiophene rings is 1. The fraction of sp³-hybridized carbons (Fsp3) is 0.333. The van der Waals surface area contributed by atoms with Gasteiger partial charge in [0.05, 0.1) is 5.25 Å². The smallest absolute Gasteiger partial charge is 0.251 e. The van der Waals surface area contributed by atoms with E-state index in [1.54, 1.807) is 11.3 Å². The summed E-state index contributed by atoms with van der Waals surface area (Å²) in [6.45, 7) is 2.06. The predicted molar refractivity (Wildman–Crippen MR) is 76.0 cm³/mol. The molecular weight excluding hydrogens is 266 g/mol. The van der Waals surface area contributed by atoms with Crippen LogP contribution in [0.5, 0.6) is 0 Å². The van der Waals surface area contributed by atoms with Crippen LogP contribution in [0.1, 0.15) is 23.5 Å². The van der Waals surface area contributed by atoms with Crippen LogP contribution < -0.4 is 11.3 Å². The molecule has 2 atom stereocenters. The van der Waals surface area contributed by atoms with Gasteiger partial charge in [0.2, 0.25) is 0 Å². The van der Waals surface area contributed by atoms with Crippen molar-refractivity contribution in [1.29, 1.82) is 0 Å². The molecular formula is C12H15N3OS2. The zero-order valence-electron chi connectivity index (χ0n) is 10.00. The average Bonchev–Trinajstić information content (AvgIpc) is 2.89. The largest absolute Gasteiger partial charge is 0.326 e. The number of nitrogens with one attached hydrogen (secondary N) is 1. The van der Waals surface area contributed by atoms with Crippen LogP contribution in [0, 0.1) is 0 Å². The molecule has 3 N–H and O–H groups in total. The van der Waals surface area contributed by atoms with Crippen LogP contribution in [0.15, 0.2) is 39.7 Å². The summed E-state index contributed by atoms with van der Waals surface area (Å²) < 4.78 is 0. The van der Waals surface area contributed by atoms with Crippen molar-refractivity contribution in [1.82, 2.24) is 9.97 Å². The molecule has 4 nitrogen and oxygen atoms in total. The average molecular weight is 281 g/mol. The van der Waals surface area contributed by atoms with E-state index in [1.807, 2.05) is 11.4 Å². The first-order valence-electron chi connectivity index (χ1n) is 5.71. The van der Waals surface area contributed by atoms with Crippen LogP contribution in [0.25, 0.3) is 0 Å². The zero-order chi connectivity index (χ0) is 13.0. The quantitative estimate of drug-likeness (QED) is 0.652. The third-order valence-corrected chi connectivity index (χ3v) is 4.96. The van der Waals surface area contributed by atoms with Gasteiger partial charge in [-0.1, -0.05) is 24.8 Å². The van der Waals surface area contributed by atoms with Gasteiger partial charge in [-0.25, -0.2) is 4.98 Å². The van der Waals surface area contributed by atoms with Crippen molar-refractivity contribution in [3.63, 3.8) is 0 Å². The molecule has 0 aromatic carbocycles. The van der Waals surface area contributed by atoms with Gasteiger partial charge in [0.15, 0.2) is 5.16 Å². The normalized spacial score (nSPS) is 14.3. The summed E-state index contributed by atoms with van der Waals surface area (Å²) in [6, 6.07) is 5.53. The highest BCUT2D eigenvalue weighted by Crippen LogP contribution is 2.38. The molecule has 0 saturated heterocycles. The van der Waals surface area contributed by atoms with Crippen LogP contribution in [0.4, 0.5) is 0 Å². The lowest BCUT2D eigenvalue weighted by Gasteiger charge is -2.20. The summed E-state index contributed by atoms with van der Waals surface area (Å²) in [5, 5.41) is 2.78. The van der Waals surface area contributed by atoms with E-state index in [1.165, 1.54) is 28.9 Å². The maximum absolute atomic E-state index is 11.3. The second kappa shape index (κ2) is 6.17. The minimum atomic E-state index is -0.137. The van der Waals surface area contributed by atoms with Gasteiger partial charge in [-0.05, 0) is 17.9 Å². The van der Waals surface area contributed by atoms with Gasteiger partial charge in [0, 0.05) is 23.2 Å². The molecule has 0 radical (unpaired) electrons. The van der Waals surface area contributed by atoms with Crippen molar-refractivity contribution in [2.75, 3.05) is 0 Å². The number of nitrogens with zero attached hydrogens (tertiary/aromatic N) is 1. The van der Waals surface area contributed by atoms with Crippen molar-refractivity contribution in [2.24, 2.45) is 5.73 Å². The highest BCUT2D eigenvalue weighted by molar-refractivity contribution is 7.99. The number of aromatic amines is 1. The fourth-order valence-corrected chi connectivity index (χ4v) is 3.73. The van der Waals surface area contributed by atoms with Gasteiger partial charge < -0.3 is 10.7 Å². The molecule has 6 heteroatoms. The Morgan fingerprint density at radius 3 is 3.00 bits per heavy atom. The van der Waals surface area contributed by atoms with Crippen LogP contribution in [-0.4, -0.2) is 16.0 Å². The highest BCUT2D eigenvalue weighted by Gasteiger charge is 2.21. The summed E-state index contributed by atoms with van der Waals surface area (Å²) >= 11 is 3.19. The topological polar surface area (TPSA) is 71.8 Å². The van der Waals surface area contributed by atoms with Crippen LogP contribution in [-0.2, 0) is 0 Å². The van der Waals surface area contributed by atoms with Gasteiger partial charge in [-0.3, -0.25) is 4.79 Å². The Balaban J connectivity index is 2.23. The summed E-state index contributed by atoms with van der Waals surface area (Å²) in [5.74, 6) is 0. The third-order valence-electron chi connectivity index (χ3n) is 2.57. The Morgan fingerprint density at radius 2 is 2.39 bits per heavy atom. The summed E-state index contributed by atoms with van der Waals surface area (Å²) in [4.78, 5) is 19.4. The van der Waals surface area contributed by atoms with E-state index < -0.39 is 0 Å². The minimum absolute atomic E-state index is 0.0409. The van der Waals surface area contributed by atoms with E-state index in [9.17, 15) is 4.79 Å². The minimum Gasteiger partial charge on any atom is -0.326 e. The first-order valence-corrected chi connectivity index (χ1v) is 7.47. The number of H-pyrrole nitrogens is 1. The lowest BCUT2D eigenvalue weighted by Crippen LogP contribution is -2.25. The Hall–Kier alpha value is -1.11. The molecule has 2 aromatic rings. The van der Waals surface area contributed by atoms with Crippen molar-refractivity contribution in [2.45, 2.75) is 29.8 Å². The van der Waals surface area contributed by atoms with Gasteiger partial charge in [-0.2, -0.15) is 0 Å². The van der Waals surface area contributed by atoms with E-state index in [4.69, 9.17) is 5.73 Å². The van der Waals surface area contributed by atoms with E-state index in [0.717, 1.165) is 6.42 Å². The predicted octanol–water partition coefficient (Wildman–Crippen LogP) is 2.40. The second-order valence-electron chi connectivity index (χ2n) is 3.87. The van der Waals surface area contributed by atoms with E-state index in [-0.39, 0.29) is 16.9 Å². The molecule has 2 unspecified atom stereocenters. The van der Waals surface area contributed by atoms with Crippen molar-refractivity contribution in [3.8, 4) is 0 Å². The Kier molecular flexibility index (Phi) is 4.57. The van der Waals surface area contributed by atoms with E-state index >= 15 is 0 Å². The number of aromatic nitrogens is 2. The third kappa shape index (κ3) is 3.22. The first kappa shape index (κ1) is 13.3. The number of rotatable bonds is 5. The molecule has 18 heavy (non-hydrogen) atoms. The lowest BCUT2D eigenvalue weighted by molar-refractivity contribution is 0.638. The first-order chi connectivity index (χ1) is 8.70. The summed E-state index contributed by atoms with van der Waals surface area (Å²) in [5.41, 5.74) is 6.02. The molecule has 0 saturated carbocycles. The van der Waals surface area contributed by atoms with Crippen molar-refractivity contribution < 1.29 is 0 Å². The Bertz CT molecular complexity index is 538. The molecule has 0 aliphatic heterocycles. The Labute approximate surface area is 114 Å². The molecule has 0 aliphatic carbocycles. The maximum atomic E-state index is 11.3. The summed E-state index contributed by atoms with van der Waals surface area (Å²) in [7, 11) is 0. The van der Waals surface area contributed by atoms with Gasteiger partial charge >= 0.3 is 0 Å². The van der Waals surface area contributed by atoms with Crippen molar-refractivity contribution in [3.05, 3.63) is 45.0 Å². The van der Waals surface area contributed by atoms with Gasteiger partial charge in [-0.15, -0.1) is 11.3 Å². The molecule has 0 amide bonds. The van der Waals surface area contributed by atoms with Crippen LogP contribution >= 0.6 is 23.1 Å². The zero-order valence-corrected chi connectivity index (χ0v) is 11.6. The number of thioether (sulfide) groups is 1. The van der Waals surface area contributed by atoms with Gasteiger partial charge in [0.1, 0.15) is 0 Å². The second-order valence-corrected chi connectivity index (χ2v) is 5.97. The van der Waals surface area contributed by atoms with Crippen LogP contribution in [0.2, 0.25) is 0 Å². The highest BCUT2D eigenvalue weighted by atomic mass is 32.2. The molecule has 0 spiro atoms.